The number of aryl methyl sites for hydroxylation is 1. The Labute approximate surface area is 200 Å². The van der Waals surface area contributed by atoms with Crippen molar-refractivity contribution in [2.75, 3.05) is 11.9 Å². The van der Waals surface area contributed by atoms with Gasteiger partial charge in [-0.05, 0) is 66.6 Å². The molecule has 0 saturated heterocycles. The fourth-order valence-corrected chi connectivity index (χ4v) is 4.32. The number of ether oxygens (including phenoxy) is 1. The average Bonchev–Trinajstić information content (AvgIpc) is 3.25. The molecule has 0 aliphatic carbocycles. The van der Waals surface area contributed by atoms with Gasteiger partial charge in [0, 0.05) is 24.7 Å². The molecule has 0 aliphatic heterocycles. The molecule has 34 heavy (non-hydrogen) atoms. The largest absolute Gasteiger partial charge is 0.452 e. The van der Waals surface area contributed by atoms with Gasteiger partial charge >= 0.3 is 5.97 Å². The lowest BCUT2D eigenvalue weighted by atomic mass is 10.1. The third-order valence-corrected chi connectivity index (χ3v) is 6.09. The van der Waals surface area contributed by atoms with E-state index in [4.69, 9.17) is 4.74 Å². The van der Waals surface area contributed by atoms with Crippen molar-refractivity contribution in [2.45, 2.75) is 20.4 Å². The molecule has 7 nitrogen and oxygen atoms in total. The van der Waals surface area contributed by atoms with Crippen molar-refractivity contribution in [1.82, 2.24) is 10.3 Å². The molecule has 0 aliphatic rings. The number of nitrogens with zero attached hydrogens (tertiary/aromatic N) is 1. The Bertz CT molecular complexity index is 1340. The first-order valence-corrected chi connectivity index (χ1v) is 11.5. The van der Waals surface area contributed by atoms with Gasteiger partial charge in [-0.3, -0.25) is 9.59 Å². The highest BCUT2D eigenvalue weighted by Crippen LogP contribution is 2.31. The lowest BCUT2D eigenvalue weighted by Crippen LogP contribution is -2.21. The summed E-state index contributed by atoms with van der Waals surface area (Å²) in [5.74, 6) is -1.16. The number of thiazole rings is 1. The number of hydrogen-bond acceptors (Lipinski definition) is 6. The van der Waals surface area contributed by atoms with Crippen molar-refractivity contribution in [2.24, 2.45) is 0 Å². The minimum atomic E-state index is -0.595. The van der Waals surface area contributed by atoms with Crippen LogP contribution in [-0.4, -0.2) is 29.4 Å². The highest BCUT2D eigenvalue weighted by Gasteiger charge is 2.11. The second-order valence-electron chi connectivity index (χ2n) is 7.80. The maximum atomic E-state index is 12.2. The summed E-state index contributed by atoms with van der Waals surface area (Å²) in [5, 5.41) is 6.32. The van der Waals surface area contributed by atoms with Gasteiger partial charge < -0.3 is 15.4 Å². The van der Waals surface area contributed by atoms with Gasteiger partial charge in [0.05, 0.1) is 15.8 Å². The number of anilines is 1. The predicted molar refractivity (Wildman–Crippen MR) is 133 cm³/mol. The fourth-order valence-electron chi connectivity index (χ4n) is 3.25. The molecule has 0 unspecified atom stereocenters. The molecule has 1 aromatic heterocycles. The van der Waals surface area contributed by atoms with Crippen molar-refractivity contribution in [3.63, 3.8) is 0 Å². The zero-order valence-corrected chi connectivity index (χ0v) is 19.6. The molecule has 1 heterocycles. The molecule has 2 amide bonds. The van der Waals surface area contributed by atoms with Crippen molar-refractivity contribution in [3.05, 3.63) is 83.4 Å². The summed E-state index contributed by atoms with van der Waals surface area (Å²) in [6.07, 6.45) is 0. The molecule has 0 fully saturated rings. The van der Waals surface area contributed by atoms with Gasteiger partial charge in [0.1, 0.15) is 5.01 Å². The normalized spacial score (nSPS) is 10.6. The third-order valence-electron chi connectivity index (χ3n) is 5.03. The summed E-state index contributed by atoms with van der Waals surface area (Å²) < 4.78 is 6.24. The molecule has 4 aromatic rings. The lowest BCUT2D eigenvalue weighted by molar-refractivity contribution is -0.119. The smallest absolute Gasteiger partial charge is 0.338 e. The first kappa shape index (κ1) is 23.1. The van der Waals surface area contributed by atoms with Crippen LogP contribution in [0.3, 0.4) is 0 Å². The van der Waals surface area contributed by atoms with Gasteiger partial charge in [0.2, 0.25) is 5.91 Å². The number of amides is 2. The van der Waals surface area contributed by atoms with E-state index in [1.165, 1.54) is 12.5 Å². The molecule has 4 rings (SSSR count). The Balaban J connectivity index is 1.29. The molecular weight excluding hydrogens is 450 g/mol. The van der Waals surface area contributed by atoms with E-state index < -0.39 is 18.5 Å². The van der Waals surface area contributed by atoms with Crippen LogP contribution < -0.4 is 10.6 Å². The Kier molecular flexibility index (Phi) is 6.98. The first-order valence-electron chi connectivity index (χ1n) is 10.7. The van der Waals surface area contributed by atoms with Crippen molar-refractivity contribution in [3.8, 4) is 10.6 Å². The number of fused-ring (bicyclic) bond motifs is 1. The van der Waals surface area contributed by atoms with Crippen LogP contribution in [0.5, 0.6) is 0 Å². The number of aromatic nitrogens is 1. The van der Waals surface area contributed by atoms with Crippen molar-refractivity contribution < 1.29 is 19.1 Å². The molecule has 0 bridgehead atoms. The fraction of sp³-hybridized carbons (Fsp3) is 0.154. The standard InChI is InChI=1S/C26H23N3O4S/c1-16-3-12-22-23(13-16)34-25(29-22)19-8-10-21(11-9-19)28-24(31)15-33-26(32)20-6-4-18(5-7-20)14-27-17(2)30/h3-13H,14-15H2,1-2H3,(H,27,30)(H,28,31). The van der Waals surface area contributed by atoms with Crippen LogP contribution in [-0.2, 0) is 20.9 Å². The Morgan fingerprint density at radius 3 is 2.41 bits per heavy atom. The van der Waals surface area contributed by atoms with E-state index in [0.717, 1.165) is 26.4 Å². The van der Waals surface area contributed by atoms with E-state index in [-0.39, 0.29) is 5.91 Å². The summed E-state index contributed by atoms with van der Waals surface area (Å²) in [7, 11) is 0. The van der Waals surface area contributed by atoms with Crippen molar-refractivity contribution >= 4 is 45.0 Å². The highest BCUT2D eigenvalue weighted by molar-refractivity contribution is 7.21. The van der Waals surface area contributed by atoms with Crippen LogP contribution in [0, 0.1) is 6.92 Å². The first-order chi connectivity index (χ1) is 16.4. The number of esters is 1. The molecular formula is C26H23N3O4S. The maximum absolute atomic E-state index is 12.2. The maximum Gasteiger partial charge on any atom is 0.338 e. The molecule has 0 spiro atoms. The van der Waals surface area contributed by atoms with Gasteiger partial charge in [-0.2, -0.15) is 0 Å². The van der Waals surface area contributed by atoms with Gasteiger partial charge in [0.15, 0.2) is 6.61 Å². The Morgan fingerprint density at radius 1 is 0.971 bits per heavy atom. The topological polar surface area (TPSA) is 97.4 Å². The zero-order chi connectivity index (χ0) is 24.1. The number of rotatable bonds is 7. The van der Waals surface area contributed by atoms with E-state index in [1.807, 2.05) is 24.3 Å². The summed E-state index contributed by atoms with van der Waals surface area (Å²) >= 11 is 1.62. The van der Waals surface area contributed by atoms with Gasteiger partial charge in [-0.15, -0.1) is 11.3 Å². The van der Waals surface area contributed by atoms with Crippen molar-refractivity contribution in [1.29, 1.82) is 0 Å². The monoisotopic (exact) mass is 473 g/mol. The summed E-state index contributed by atoms with van der Waals surface area (Å²) in [5.41, 5.74) is 4.91. The average molecular weight is 474 g/mol. The second-order valence-corrected chi connectivity index (χ2v) is 8.83. The minimum absolute atomic E-state index is 0.129. The zero-order valence-electron chi connectivity index (χ0n) is 18.8. The second kappa shape index (κ2) is 10.3. The molecule has 0 radical (unpaired) electrons. The SMILES string of the molecule is CC(=O)NCc1ccc(C(=O)OCC(=O)Nc2ccc(-c3nc4ccc(C)cc4s3)cc2)cc1. The van der Waals surface area contributed by atoms with Crippen LogP contribution in [0.25, 0.3) is 20.8 Å². The highest BCUT2D eigenvalue weighted by atomic mass is 32.1. The van der Waals surface area contributed by atoms with E-state index >= 15 is 0 Å². The summed E-state index contributed by atoms with van der Waals surface area (Å²) in [6, 6.07) is 20.2. The molecule has 172 valence electrons. The number of carbonyl (C=O) groups is 3. The van der Waals surface area contributed by atoms with Crippen LogP contribution in [0.2, 0.25) is 0 Å². The molecule has 0 atom stereocenters. The Morgan fingerprint density at radius 2 is 1.71 bits per heavy atom. The van der Waals surface area contributed by atoms with Crippen LogP contribution >= 0.6 is 11.3 Å². The van der Waals surface area contributed by atoms with E-state index in [1.54, 1.807) is 47.7 Å². The third kappa shape index (κ3) is 5.85. The number of carbonyl (C=O) groups excluding carboxylic acids is 3. The lowest BCUT2D eigenvalue weighted by Gasteiger charge is -2.08. The number of nitrogens with one attached hydrogen (secondary N) is 2. The molecule has 8 heteroatoms. The minimum Gasteiger partial charge on any atom is -0.452 e. The van der Waals surface area contributed by atoms with Gasteiger partial charge in [0.25, 0.3) is 5.91 Å². The molecule has 3 aromatic carbocycles. The quantitative estimate of drug-likeness (QED) is 0.379. The number of benzene rings is 3. The van der Waals surface area contributed by atoms with Crippen LogP contribution in [0.4, 0.5) is 5.69 Å². The van der Waals surface area contributed by atoms with Crippen LogP contribution in [0.15, 0.2) is 66.7 Å². The summed E-state index contributed by atoms with van der Waals surface area (Å²) in [6.45, 7) is 3.48. The summed E-state index contributed by atoms with van der Waals surface area (Å²) in [4.78, 5) is 40.1. The number of hydrogen-bond donors (Lipinski definition) is 2. The molecule has 2 N–H and O–H groups in total. The van der Waals surface area contributed by atoms with E-state index in [0.29, 0.717) is 17.8 Å². The predicted octanol–water partition coefficient (Wildman–Crippen LogP) is 4.70. The van der Waals surface area contributed by atoms with Gasteiger partial charge in [-0.25, -0.2) is 9.78 Å². The molecule has 0 saturated carbocycles. The van der Waals surface area contributed by atoms with E-state index in [9.17, 15) is 14.4 Å². The van der Waals surface area contributed by atoms with Crippen LogP contribution in [0.1, 0.15) is 28.4 Å². The van der Waals surface area contributed by atoms with Gasteiger partial charge in [-0.1, -0.05) is 18.2 Å². The van der Waals surface area contributed by atoms with E-state index in [2.05, 4.69) is 28.6 Å². The Hall–Kier alpha value is -4.04.